The molecular weight excluding hydrogens is 248 g/mol. The summed E-state index contributed by atoms with van der Waals surface area (Å²) in [5.41, 5.74) is 6.94. The second-order valence-corrected chi connectivity index (χ2v) is 3.96. The highest BCUT2D eigenvalue weighted by Gasteiger charge is 2.20. The van der Waals surface area contributed by atoms with Crippen LogP contribution >= 0.6 is 0 Å². The monoisotopic (exact) mass is 266 g/mol. The standard InChI is InChI=1S/C13H18N2O4/c1-18-12(16)8-7-11(13(17)19-2)15-10-5-3-9(14)4-6-10/h3-6,11,15H,7-8,14H2,1-2H3. The van der Waals surface area contributed by atoms with E-state index in [2.05, 4.69) is 10.1 Å². The van der Waals surface area contributed by atoms with E-state index >= 15 is 0 Å². The van der Waals surface area contributed by atoms with E-state index in [0.717, 1.165) is 5.69 Å². The first-order valence-corrected chi connectivity index (χ1v) is 5.83. The molecule has 6 nitrogen and oxygen atoms in total. The number of rotatable bonds is 6. The van der Waals surface area contributed by atoms with Gasteiger partial charge in [-0.2, -0.15) is 0 Å². The zero-order valence-electron chi connectivity index (χ0n) is 11.0. The molecule has 0 aliphatic carbocycles. The summed E-state index contributed by atoms with van der Waals surface area (Å²) in [5, 5.41) is 3.00. The number of carbonyl (C=O) groups excluding carboxylic acids is 2. The molecule has 0 aromatic heterocycles. The first kappa shape index (κ1) is 14.8. The van der Waals surface area contributed by atoms with Gasteiger partial charge in [0.2, 0.25) is 0 Å². The lowest BCUT2D eigenvalue weighted by Crippen LogP contribution is -2.31. The van der Waals surface area contributed by atoms with Crippen molar-refractivity contribution in [3.63, 3.8) is 0 Å². The summed E-state index contributed by atoms with van der Waals surface area (Å²) in [5.74, 6) is -0.797. The van der Waals surface area contributed by atoms with Crippen molar-refractivity contribution in [3.05, 3.63) is 24.3 Å². The third kappa shape index (κ3) is 4.87. The first-order valence-electron chi connectivity index (χ1n) is 5.83. The fraction of sp³-hybridized carbons (Fsp3) is 0.385. The number of carbonyl (C=O) groups is 2. The van der Waals surface area contributed by atoms with Gasteiger partial charge in [-0.3, -0.25) is 4.79 Å². The molecule has 1 aromatic rings. The van der Waals surface area contributed by atoms with E-state index in [1.54, 1.807) is 24.3 Å². The van der Waals surface area contributed by atoms with Gasteiger partial charge in [0.25, 0.3) is 0 Å². The molecule has 0 fully saturated rings. The summed E-state index contributed by atoms with van der Waals surface area (Å²) in [4.78, 5) is 22.7. The second kappa shape index (κ2) is 7.25. The molecule has 104 valence electrons. The average molecular weight is 266 g/mol. The Morgan fingerprint density at radius 2 is 1.84 bits per heavy atom. The fourth-order valence-electron chi connectivity index (χ4n) is 1.54. The van der Waals surface area contributed by atoms with Gasteiger partial charge in [0.1, 0.15) is 6.04 Å². The lowest BCUT2D eigenvalue weighted by Gasteiger charge is -2.17. The van der Waals surface area contributed by atoms with E-state index in [0.29, 0.717) is 12.1 Å². The molecule has 1 aromatic carbocycles. The number of nitrogens with one attached hydrogen (secondary N) is 1. The number of benzene rings is 1. The molecule has 0 amide bonds. The van der Waals surface area contributed by atoms with Crippen molar-refractivity contribution < 1.29 is 19.1 Å². The Morgan fingerprint density at radius 1 is 1.21 bits per heavy atom. The van der Waals surface area contributed by atoms with Crippen LogP contribution in [-0.4, -0.2) is 32.2 Å². The Bertz CT molecular complexity index is 431. The highest BCUT2D eigenvalue weighted by Crippen LogP contribution is 2.14. The molecule has 0 aliphatic heterocycles. The molecule has 3 N–H and O–H groups in total. The van der Waals surface area contributed by atoms with Crippen molar-refractivity contribution in [2.24, 2.45) is 0 Å². The van der Waals surface area contributed by atoms with Crippen LogP contribution in [0.5, 0.6) is 0 Å². The van der Waals surface area contributed by atoms with Crippen molar-refractivity contribution in [1.82, 2.24) is 0 Å². The van der Waals surface area contributed by atoms with Crippen molar-refractivity contribution >= 4 is 23.3 Å². The van der Waals surface area contributed by atoms with Crippen LogP contribution in [0.4, 0.5) is 11.4 Å². The van der Waals surface area contributed by atoms with Gasteiger partial charge in [-0.25, -0.2) is 4.79 Å². The summed E-state index contributed by atoms with van der Waals surface area (Å²) in [6.07, 6.45) is 0.433. The van der Waals surface area contributed by atoms with E-state index in [-0.39, 0.29) is 12.4 Å². The third-order valence-electron chi connectivity index (χ3n) is 2.60. The SMILES string of the molecule is COC(=O)CCC(Nc1ccc(N)cc1)C(=O)OC. The van der Waals surface area contributed by atoms with Gasteiger partial charge in [0.05, 0.1) is 14.2 Å². The normalized spacial score (nSPS) is 11.5. The molecule has 0 saturated heterocycles. The zero-order chi connectivity index (χ0) is 14.3. The number of nitrogen functional groups attached to an aromatic ring is 1. The maximum atomic E-state index is 11.6. The molecule has 1 rings (SSSR count). The smallest absolute Gasteiger partial charge is 0.328 e. The first-order chi connectivity index (χ1) is 9.06. The molecule has 1 atom stereocenters. The molecule has 0 aliphatic rings. The van der Waals surface area contributed by atoms with Crippen LogP contribution in [0.2, 0.25) is 0 Å². The molecule has 0 heterocycles. The summed E-state index contributed by atoms with van der Waals surface area (Å²) in [6.45, 7) is 0. The molecule has 19 heavy (non-hydrogen) atoms. The number of hydrogen-bond donors (Lipinski definition) is 2. The minimum absolute atomic E-state index is 0.137. The van der Waals surface area contributed by atoms with Crippen LogP contribution < -0.4 is 11.1 Å². The van der Waals surface area contributed by atoms with Crippen molar-refractivity contribution in [1.29, 1.82) is 0 Å². The molecule has 1 unspecified atom stereocenters. The Kier molecular flexibility index (Phi) is 5.66. The lowest BCUT2D eigenvalue weighted by molar-refractivity contribution is -0.143. The quantitative estimate of drug-likeness (QED) is 0.593. The highest BCUT2D eigenvalue weighted by molar-refractivity contribution is 5.80. The molecule has 0 radical (unpaired) electrons. The lowest BCUT2D eigenvalue weighted by atomic mass is 10.1. The van der Waals surface area contributed by atoms with Crippen LogP contribution in [0, 0.1) is 0 Å². The molecule has 0 spiro atoms. The van der Waals surface area contributed by atoms with E-state index in [4.69, 9.17) is 10.5 Å². The van der Waals surface area contributed by atoms with Crippen LogP contribution in [0.25, 0.3) is 0 Å². The molecule has 0 bridgehead atoms. The van der Waals surface area contributed by atoms with E-state index in [1.165, 1.54) is 14.2 Å². The summed E-state index contributed by atoms with van der Waals surface area (Å²) in [7, 11) is 2.61. The number of anilines is 2. The summed E-state index contributed by atoms with van der Waals surface area (Å²) in [6, 6.07) is 6.34. The minimum atomic E-state index is -0.604. The van der Waals surface area contributed by atoms with Crippen LogP contribution in [0.3, 0.4) is 0 Å². The number of nitrogens with two attached hydrogens (primary N) is 1. The zero-order valence-corrected chi connectivity index (χ0v) is 11.0. The predicted molar refractivity (Wildman–Crippen MR) is 71.5 cm³/mol. The number of hydrogen-bond acceptors (Lipinski definition) is 6. The van der Waals surface area contributed by atoms with Gasteiger partial charge in [-0.1, -0.05) is 0 Å². The second-order valence-electron chi connectivity index (χ2n) is 3.96. The highest BCUT2D eigenvalue weighted by atomic mass is 16.5. The van der Waals surface area contributed by atoms with E-state index in [9.17, 15) is 9.59 Å². The van der Waals surface area contributed by atoms with Gasteiger partial charge in [0.15, 0.2) is 0 Å². The number of ether oxygens (including phenoxy) is 2. The molecular formula is C13H18N2O4. The maximum Gasteiger partial charge on any atom is 0.328 e. The number of esters is 2. The maximum absolute atomic E-state index is 11.6. The third-order valence-corrected chi connectivity index (χ3v) is 2.60. The molecule has 6 heteroatoms. The minimum Gasteiger partial charge on any atom is -0.469 e. The van der Waals surface area contributed by atoms with Gasteiger partial charge >= 0.3 is 11.9 Å². The largest absolute Gasteiger partial charge is 0.469 e. The van der Waals surface area contributed by atoms with Gasteiger partial charge in [0, 0.05) is 17.8 Å². The summed E-state index contributed by atoms with van der Waals surface area (Å²) >= 11 is 0. The Labute approximate surface area is 111 Å². The van der Waals surface area contributed by atoms with Crippen LogP contribution in [-0.2, 0) is 19.1 Å². The van der Waals surface area contributed by atoms with E-state index in [1.807, 2.05) is 0 Å². The average Bonchev–Trinajstić information content (AvgIpc) is 2.44. The predicted octanol–water partition coefficient (Wildman–Crippen LogP) is 1.18. The van der Waals surface area contributed by atoms with Gasteiger partial charge in [-0.05, 0) is 30.7 Å². The van der Waals surface area contributed by atoms with Crippen molar-refractivity contribution in [2.45, 2.75) is 18.9 Å². The van der Waals surface area contributed by atoms with Crippen molar-refractivity contribution in [3.8, 4) is 0 Å². The van der Waals surface area contributed by atoms with Crippen LogP contribution in [0.1, 0.15) is 12.8 Å². The van der Waals surface area contributed by atoms with Crippen molar-refractivity contribution in [2.75, 3.05) is 25.3 Å². The van der Waals surface area contributed by atoms with Gasteiger partial charge < -0.3 is 20.5 Å². The Balaban J connectivity index is 2.66. The summed E-state index contributed by atoms with van der Waals surface area (Å²) < 4.78 is 9.24. The molecule has 0 saturated carbocycles. The Hall–Kier alpha value is -2.24. The number of methoxy groups -OCH3 is 2. The Morgan fingerprint density at radius 3 is 2.37 bits per heavy atom. The topological polar surface area (TPSA) is 90.6 Å². The van der Waals surface area contributed by atoms with Gasteiger partial charge in [-0.15, -0.1) is 0 Å². The van der Waals surface area contributed by atoms with E-state index < -0.39 is 12.0 Å². The fourth-order valence-corrected chi connectivity index (χ4v) is 1.54. The van der Waals surface area contributed by atoms with Crippen LogP contribution in [0.15, 0.2) is 24.3 Å².